The summed E-state index contributed by atoms with van der Waals surface area (Å²) in [5.41, 5.74) is 4.32. The molecule has 0 bridgehead atoms. The molecular formula is C24H26N4O3. The number of para-hydroxylation sites is 3. The zero-order valence-corrected chi connectivity index (χ0v) is 17.8. The number of hydrogen-bond acceptors (Lipinski definition) is 5. The van der Waals surface area contributed by atoms with E-state index in [0.717, 1.165) is 35.9 Å². The van der Waals surface area contributed by atoms with Gasteiger partial charge in [-0.1, -0.05) is 30.3 Å². The molecule has 3 heterocycles. The smallest absolute Gasteiger partial charge is 0.267 e. The Kier molecular flexibility index (Phi) is 5.02. The second-order valence-corrected chi connectivity index (χ2v) is 7.94. The number of ether oxygens (including phenoxy) is 2. The van der Waals surface area contributed by atoms with Crippen molar-refractivity contribution in [2.45, 2.75) is 20.0 Å². The van der Waals surface area contributed by atoms with Gasteiger partial charge in [-0.25, -0.2) is 4.68 Å². The highest BCUT2D eigenvalue weighted by Crippen LogP contribution is 2.32. The summed E-state index contributed by atoms with van der Waals surface area (Å²) in [4.78, 5) is 17.2. The number of nitrogens with zero attached hydrogens (tertiary/aromatic N) is 4. The first-order chi connectivity index (χ1) is 15.1. The van der Waals surface area contributed by atoms with Gasteiger partial charge in [0.25, 0.3) is 5.91 Å². The Morgan fingerprint density at radius 3 is 2.35 bits per heavy atom. The van der Waals surface area contributed by atoms with Gasteiger partial charge in [-0.15, -0.1) is 0 Å². The zero-order chi connectivity index (χ0) is 21.4. The van der Waals surface area contributed by atoms with Crippen molar-refractivity contribution in [2.24, 2.45) is 0 Å². The number of fused-ring (bicyclic) bond motifs is 1. The molecule has 0 N–H and O–H groups in total. The summed E-state index contributed by atoms with van der Waals surface area (Å²) in [5, 5.41) is 4.76. The van der Waals surface area contributed by atoms with Crippen molar-refractivity contribution >= 4 is 11.6 Å². The third kappa shape index (κ3) is 3.60. The molecule has 7 heteroatoms. The Hall–Kier alpha value is -3.48. The minimum Gasteiger partial charge on any atom is -0.485 e. The Bertz CT molecular complexity index is 1090. The van der Waals surface area contributed by atoms with Crippen LogP contribution in [0.5, 0.6) is 11.5 Å². The van der Waals surface area contributed by atoms with Crippen molar-refractivity contribution in [3.8, 4) is 17.2 Å². The first-order valence-electron chi connectivity index (χ1n) is 10.7. The lowest BCUT2D eigenvalue weighted by molar-refractivity contribution is -0.141. The topological polar surface area (TPSA) is 59.8 Å². The summed E-state index contributed by atoms with van der Waals surface area (Å²) in [7, 11) is 0. The van der Waals surface area contributed by atoms with Crippen LogP contribution < -0.4 is 14.4 Å². The second kappa shape index (κ2) is 7.98. The normalized spacial score (nSPS) is 18.2. The van der Waals surface area contributed by atoms with Gasteiger partial charge < -0.3 is 19.3 Å². The van der Waals surface area contributed by atoms with Gasteiger partial charge >= 0.3 is 0 Å². The molecule has 2 aliphatic heterocycles. The minimum absolute atomic E-state index is 0.0115. The van der Waals surface area contributed by atoms with Crippen LogP contribution >= 0.6 is 0 Å². The standard InChI is InChI=1S/C24H26N4O3/c1-17-23(18(2)28(25-17)19-8-4-3-5-9-19)26-12-14-27(15-13-26)24(29)22-16-30-20-10-6-7-11-21(20)31-22/h3-11,22H,12-16H2,1-2H3. The van der Waals surface area contributed by atoms with Crippen molar-refractivity contribution in [3.63, 3.8) is 0 Å². The lowest BCUT2D eigenvalue weighted by atomic mass is 10.2. The molecule has 5 rings (SSSR count). The van der Waals surface area contributed by atoms with Crippen LogP contribution in [0, 0.1) is 13.8 Å². The summed E-state index contributed by atoms with van der Waals surface area (Å²) in [6, 6.07) is 17.6. The Morgan fingerprint density at radius 2 is 1.61 bits per heavy atom. The second-order valence-electron chi connectivity index (χ2n) is 7.94. The first-order valence-corrected chi connectivity index (χ1v) is 10.7. The lowest BCUT2D eigenvalue weighted by Gasteiger charge is -2.38. The molecule has 31 heavy (non-hydrogen) atoms. The number of piperazine rings is 1. The van der Waals surface area contributed by atoms with Gasteiger partial charge in [0.2, 0.25) is 6.10 Å². The number of rotatable bonds is 3. The van der Waals surface area contributed by atoms with Gasteiger partial charge in [-0.3, -0.25) is 4.79 Å². The van der Waals surface area contributed by atoms with E-state index in [-0.39, 0.29) is 12.5 Å². The van der Waals surface area contributed by atoms with Crippen LogP contribution in [0.15, 0.2) is 54.6 Å². The minimum atomic E-state index is -0.592. The van der Waals surface area contributed by atoms with E-state index in [1.165, 1.54) is 0 Å². The number of hydrogen-bond donors (Lipinski definition) is 0. The number of aromatic nitrogens is 2. The summed E-state index contributed by atoms with van der Waals surface area (Å²) in [6.07, 6.45) is -0.592. The Balaban J connectivity index is 1.26. The molecule has 2 aliphatic rings. The quantitative estimate of drug-likeness (QED) is 0.655. The van der Waals surface area contributed by atoms with Crippen molar-refractivity contribution in [2.75, 3.05) is 37.7 Å². The van der Waals surface area contributed by atoms with Gasteiger partial charge in [-0.05, 0) is 38.1 Å². The zero-order valence-electron chi connectivity index (χ0n) is 17.8. The van der Waals surface area contributed by atoms with E-state index in [4.69, 9.17) is 14.6 Å². The van der Waals surface area contributed by atoms with Gasteiger partial charge in [0.1, 0.15) is 6.61 Å². The van der Waals surface area contributed by atoms with Crippen LogP contribution in [0.3, 0.4) is 0 Å². The number of carbonyl (C=O) groups excluding carboxylic acids is 1. The molecule has 1 amide bonds. The average Bonchev–Trinajstić information content (AvgIpc) is 3.12. The highest BCUT2D eigenvalue weighted by molar-refractivity contribution is 5.82. The molecule has 0 aliphatic carbocycles. The van der Waals surface area contributed by atoms with Crippen LogP contribution in [-0.2, 0) is 4.79 Å². The van der Waals surface area contributed by atoms with Gasteiger partial charge in [0, 0.05) is 26.2 Å². The molecule has 1 saturated heterocycles. The molecule has 0 spiro atoms. The van der Waals surface area contributed by atoms with Crippen molar-refractivity contribution in [3.05, 3.63) is 66.0 Å². The van der Waals surface area contributed by atoms with Gasteiger partial charge in [0.05, 0.1) is 22.8 Å². The average molecular weight is 418 g/mol. The molecule has 1 unspecified atom stereocenters. The fraction of sp³-hybridized carbons (Fsp3) is 0.333. The summed E-state index contributed by atoms with van der Waals surface area (Å²) in [6.45, 7) is 7.22. The van der Waals surface area contributed by atoms with Gasteiger partial charge in [0.15, 0.2) is 11.5 Å². The van der Waals surface area contributed by atoms with E-state index in [0.29, 0.717) is 24.6 Å². The maximum atomic E-state index is 13.0. The summed E-state index contributed by atoms with van der Waals surface area (Å²) >= 11 is 0. The number of carbonyl (C=O) groups is 1. The molecule has 2 aromatic carbocycles. The molecule has 7 nitrogen and oxygen atoms in total. The molecule has 1 atom stereocenters. The first kappa shape index (κ1) is 19.5. The summed E-state index contributed by atoms with van der Waals surface area (Å²) in [5.74, 6) is 1.31. The van der Waals surface area contributed by atoms with E-state index in [1.807, 2.05) is 59.0 Å². The third-order valence-electron chi connectivity index (χ3n) is 5.95. The number of amides is 1. The van der Waals surface area contributed by atoms with Crippen LogP contribution in [-0.4, -0.2) is 59.5 Å². The Labute approximate surface area is 181 Å². The van der Waals surface area contributed by atoms with Crippen LogP contribution in [0.4, 0.5) is 5.69 Å². The SMILES string of the molecule is Cc1nn(-c2ccccc2)c(C)c1N1CCN(C(=O)C2COc3ccccc3O2)CC1. The molecule has 1 aromatic heterocycles. The lowest BCUT2D eigenvalue weighted by Crippen LogP contribution is -2.54. The molecule has 160 valence electrons. The van der Waals surface area contributed by atoms with Crippen molar-refractivity contribution in [1.29, 1.82) is 0 Å². The Morgan fingerprint density at radius 1 is 0.935 bits per heavy atom. The largest absolute Gasteiger partial charge is 0.485 e. The van der Waals surface area contributed by atoms with E-state index in [2.05, 4.69) is 24.0 Å². The molecular weight excluding hydrogens is 392 g/mol. The molecule has 0 saturated carbocycles. The van der Waals surface area contributed by atoms with E-state index >= 15 is 0 Å². The fourth-order valence-electron chi connectivity index (χ4n) is 4.41. The van der Waals surface area contributed by atoms with Crippen molar-refractivity contribution in [1.82, 2.24) is 14.7 Å². The third-order valence-corrected chi connectivity index (χ3v) is 5.95. The highest BCUT2D eigenvalue weighted by atomic mass is 16.6. The summed E-state index contributed by atoms with van der Waals surface area (Å²) < 4.78 is 13.6. The number of benzene rings is 2. The predicted octanol–water partition coefficient (Wildman–Crippen LogP) is 2.98. The fourth-order valence-corrected chi connectivity index (χ4v) is 4.41. The number of anilines is 1. The molecule has 1 fully saturated rings. The van der Waals surface area contributed by atoms with Crippen molar-refractivity contribution < 1.29 is 14.3 Å². The predicted molar refractivity (Wildman–Crippen MR) is 118 cm³/mol. The van der Waals surface area contributed by atoms with E-state index < -0.39 is 6.10 Å². The van der Waals surface area contributed by atoms with E-state index in [1.54, 1.807) is 0 Å². The number of aryl methyl sites for hydroxylation is 1. The highest BCUT2D eigenvalue weighted by Gasteiger charge is 2.33. The van der Waals surface area contributed by atoms with E-state index in [9.17, 15) is 4.79 Å². The van der Waals surface area contributed by atoms with Crippen LogP contribution in [0.2, 0.25) is 0 Å². The van der Waals surface area contributed by atoms with Crippen LogP contribution in [0.25, 0.3) is 5.69 Å². The maximum absolute atomic E-state index is 13.0. The maximum Gasteiger partial charge on any atom is 0.267 e. The van der Waals surface area contributed by atoms with Crippen LogP contribution in [0.1, 0.15) is 11.4 Å². The monoisotopic (exact) mass is 418 g/mol. The molecule has 0 radical (unpaired) electrons. The van der Waals surface area contributed by atoms with Gasteiger partial charge in [-0.2, -0.15) is 5.10 Å². The molecule has 3 aromatic rings.